The summed E-state index contributed by atoms with van der Waals surface area (Å²) in [6.07, 6.45) is 1.64. The fourth-order valence-corrected chi connectivity index (χ4v) is 2.11. The summed E-state index contributed by atoms with van der Waals surface area (Å²) in [6, 6.07) is 3.57. The number of rotatable bonds is 2. The smallest absolute Gasteiger partial charge is 0.246 e. The molecule has 1 aromatic heterocycles. The molecule has 0 bridgehead atoms. The highest BCUT2D eigenvalue weighted by Gasteiger charge is 2.26. The Morgan fingerprint density at radius 1 is 1.47 bits per heavy atom. The van der Waals surface area contributed by atoms with Crippen molar-refractivity contribution in [1.29, 1.82) is 0 Å². The van der Waals surface area contributed by atoms with Gasteiger partial charge in [-0.25, -0.2) is 0 Å². The number of nitrogens with zero attached hydrogens (tertiary/aromatic N) is 2. The molecule has 2 rings (SSSR count). The van der Waals surface area contributed by atoms with E-state index < -0.39 is 5.38 Å². The molecule has 1 saturated heterocycles. The van der Waals surface area contributed by atoms with Crippen LogP contribution >= 0.6 is 27.5 Å². The normalized spacial score (nSPS) is 17.9. The number of morpholine rings is 1. The molecule has 17 heavy (non-hydrogen) atoms. The minimum absolute atomic E-state index is 0.107. The van der Waals surface area contributed by atoms with Crippen molar-refractivity contribution < 1.29 is 9.53 Å². The summed E-state index contributed by atoms with van der Waals surface area (Å²) < 4.78 is 6.06. The third-order valence-corrected chi connectivity index (χ3v) is 3.43. The van der Waals surface area contributed by atoms with Crippen LogP contribution in [-0.4, -0.2) is 42.1 Å². The zero-order chi connectivity index (χ0) is 12.3. The highest BCUT2D eigenvalue weighted by Crippen LogP contribution is 2.22. The lowest BCUT2D eigenvalue weighted by molar-refractivity contribution is -0.135. The molecule has 1 atom stereocenters. The molecule has 0 spiro atoms. The first kappa shape index (κ1) is 12.8. The van der Waals surface area contributed by atoms with Crippen LogP contribution in [0.3, 0.4) is 0 Å². The van der Waals surface area contributed by atoms with Gasteiger partial charge in [0.15, 0.2) is 5.38 Å². The van der Waals surface area contributed by atoms with Crippen LogP contribution < -0.4 is 0 Å². The van der Waals surface area contributed by atoms with E-state index >= 15 is 0 Å². The van der Waals surface area contributed by atoms with Crippen molar-refractivity contribution in [3.05, 3.63) is 28.5 Å². The number of alkyl halides is 1. The zero-order valence-corrected chi connectivity index (χ0v) is 11.4. The van der Waals surface area contributed by atoms with Gasteiger partial charge in [-0.15, -0.1) is 11.6 Å². The second kappa shape index (κ2) is 5.80. The van der Waals surface area contributed by atoms with Crippen molar-refractivity contribution in [1.82, 2.24) is 9.88 Å². The van der Waals surface area contributed by atoms with Gasteiger partial charge in [0, 0.05) is 23.8 Å². The molecule has 1 aliphatic heterocycles. The molecule has 1 unspecified atom stereocenters. The average Bonchev–Trinajstić information content (AvgIpc) is 2.39. The first-order valence-corrected chi connectivity index (χ1v) is 6.53. The van der Waals surface area contributed by atoms with Crippen LogP contribution in [0.25, 0.3) is 0 Å². The highest BCUT2D eigenvalue weighted by molar-refractivity contribution is 9.10. The quantitative estimate of drug-likeness (QED) is 0.783. The van der Waals surface area contributed by atoms with E-state index in [-0.39, 0.29) is 5.91 Å². The summed E-state index contributed by atoms with van der Waals surface area (Å²) >= 11 is 9.42. The highest BCUT2D eigenvalue weighted by atomic mass is 79.9. The van der Waals surface area contributed by atoms with E-state index in [2.05, 4.69) is 20.9 Å². The van der Waals surface area contributed by atoms with Gasteiger partial charge in [0.25, 0.3) is 0 Å². The molecule has 1 fully saturated rings. The van der Waals surface area contributed by atoms with E-state index in [1.807, 2.05) is 6.07 Å². The molecule has 4 nitrogen and oxygen atoms in total. The molecule has 1 aliphatic rings. The van der Waals surface area contributed by atoms with E-state index in [9.17, 15) is 4.79 Å². The SMILES string of the molecule is O=C(C(Cl)c1ccc(Br)cn1)N1CCOCC1. The maximum atomic E-state index is 12.1. The first-order valence-electron chi connectivity index (χ1n) is 5.30. The minimum atomic E-state index is -0.721. The molecule has 1 amide bonds. The Hall–Kier alpha value is -0.650. The Labute approximate surface area is 113 Å². The fraction of sp³-hybridized carbons (Fsp3) is 0.455. The van der Waals surface area contributed by atoms with E-state index in [4.69, 9.17) is 16.3 Å². The number of aromatic nitrogens is 1. The molecular formula is C11H12BrClN2O2. The summed E-state index contributed by atoms with van der Waals surface area (Å²) in [7, 11) is 0. The summed E-state index contributed by atoms with van der Waals surface area (Å²) in [4.78, 5) is 17.9. The number of amides is 1. The van der Waals surface area contributed by atoms with Crippen molar-refractivity contribution in [2.75, 3.05) is 26.3 Å². The summed E-state index contributed by atoms with van der Waals surface area (Å²) in [5, 5.41) is -0.721. The molecular weight excluding hydrogens is 307 g/mol. The third-order valence-electron chi connectivity index (χ3n) is 2.55. The van der Waals surface area contributed by atoms with Crippen LogP contribution in [0.5, 0.6) is 0 Å². The number of hydrogen-bond acceptors (Lipinski definition) is 3. The van der Waals surface area contributed by atoms with E-state index in [1.165, 1.54) is 0 Å². The monoisotopic (exact) mass is 318 g/mol. The summed E-state index contributed by atoms with van der Waals surface area (Å²) in [5.41, 5.74) is 0.575. The van der Waals surface area contributed by atoms with Gasteiger partial charge >= 0.3 is 0 Å². The number of pyridine rings is 1. The minimum Gasteiger partial charge on any atom is -0.378 e. The van der Waals surface area contributed by atoms with Crippen molar-refractivity contribution in [2.45, 2.75) is 5.38 Å². The van der Waals surface area contributed by atoms with E-state index in [0.29, 0.717) is 32.0 Å². The molecule has 6 heteroatoms. The van der Waals surface area contributed by atoms with Crippen LogP contribution in [0.2, 0.25) is 0 Å². The molecule has 2 heterocycles. The molecule has 1 aromatic rings. The number of carbonyl (C=O) groups is 1. The fourth-order valence-electron chi connectivity index (χ4n) is 1.61. The first-order chi connectivity index (χ1) is 8.18. The zero-order valence-electron chi connectivity index (χ0n) is 9.10. The Bertz CT molecular complexity index is 393. The summed E-state index contributed by atoms with van der Waals surface area (Å²) in [6.45, 7) is 2.34. The Kier molecular flexibility index (Phi) is 4.36. The number of ether oxygens (including phenoxy) is 1. The van der Waals surface area contributed by atoms with Crippen LogP contribution in [0.15, 0.2) is 22.8 Å². The average molecular weight is 320 g/mol. The molecule has 0 radical (unpaired) electrons. The number of carbonyl (C=O) groups excluding carboxylic acids is 1. The predicted molar refractivity (Wildman–Crippen MR) is 67.9 cm³/mol. The van der Waals surface area contributed by atoms with Gasteiger partial charge in [-0.1, -0.05) is 0 Å². The lowest BCUT2D eigenvalue weighted by Crippen LogP contribution is -2.42. The molecule has 0 saturated carbocycles. The maximum absolute atomic E-state index is 12.1. The van der Waals surface area contributed by atoms with Crippen LogP contribution in [-0.2, 0) is 9.53 Å². The van der Waals surface area contributed by atoms with Crippen LogP contribution in [0, 0.1) is 0 Å². The van der Waals surface area contributed by atoms with Crippen LogP contribution in [0.1, 0.15) is 11.1 Å². The van der Waals surface area contributed by atoms with Gasteiger partial charge in [0.2, 0.25) is 5.91 Å². The van der Waals surface area contributed by atoms with Gasteiger partial charge in [-0.2, -0.15) is 0 Å². The molecule has 0 aliphatic carbocycles. The Morgan fingerprint density at radius 2 is 2.18 bits per heavy atom. The Balaban J connectivity index is 2.05. The van der Waals surface area contributed by atoms with E-state index in [1.54, 1.807) is 17.2 Å². The van der Waals surface area contributed by atoms with Gasteiger partial charge in [0.1, 0.15) is 0 Å². The van der Waals surface area contributed by atoms with Gasteiger partial charge in [-0.3, -0.25) is 9.78 Å². The topological polar surface area (TPSA) is 42.4 Å². The second-order valence-corrected chi connectivity index (χ2v) is 5.05. The van der Waals surface area contributed by atoms with Crippen LogP contribution in [0.4, 0.5) is 0 Å². The van der Waals surface area contributed by atoms with Gasteiger partial charge in [-0.05, 0) is 28.1 Å². The molecule has 92 valence electrons. The van der Waals surface area contributed by atoms with Gasteiger partial charge < -0.3 is 9.64 Å². The lowest BCUT2D eigenvalue weighted by atomic mass is 10.2. The van der Waals surface area contributed by atoms with Crippen molar-refractivity contribution in [3.8, 4) is 0 Å². The van der Waals surface area contributed by atoms with Gasteiger partial charge in [0.05, 0.1) is 18.9 Å². The van der Waals surface area contributed by atoms with Crippen molar-refractivity contribution in [2.24, 2.45) is 0 Å². The number of hydrogen-bond donors (Lipinski definition) is 0. The Morgan fingerprint density at radius 3 is 2.76 bits per heavy atom. The molecule has 0 N–H and O–H groups in total. The lowest BCUT2D eigenvalue weighted by Gasteiger charge is -2.28. The van der Waals surface area contributed by atoms with Crippen molar-refractivity contribution >= 4 is 33.4 Å². The molecule has 0 aromatic carbocycles. The third kappa shape index (κ3) is 3.18. The standard InChI is InChI=1S/C11H12BrClN2O2/c12-8-1-2-9(14-7-8)10(13)11(16)15-3-5-17-6-4-15/h1-2,7,10H,3-6H2. The second-order valence-electron chi connectivity index (χ2n) is 3.70. The largest absolute Gasteiger partial charge is 0.378 e. The number of halogens is 2. The maximum Gasteiger partial charge on any atom is 0.246 e. The summed E-state index contributed by atoms with van der Waals surface area (Å²) in [5.74, 6) is -0.107. The van der Waals surface area contributed by atoms with Crippen molar-refractivity contribution in [3.63, 3.8) is 0 Å². The predicted octanol–water partition coefficient (Wildman–Crippen LogP) is 1.98. The van der Waals surface area contributed by atoms with E-state index in [0.717, 1.165) is 4.47 Å².